The first-order valence-electron chi connectivity index (χ1n) is 22.1. The quantitative estimate of drug-likeness (QED) is 0.127. The van der Waals surface area contributed by atoms with Gasteiger partial charge in [-0.3, -0.25) is 0 Å². The molecule has 0 N–H and O–H groups in total. The first kappa shape index (κ1) is 37.7. The van der Waals surface area contributed by atoms with E-state index >= 15 is 0 Å². The fourth-order valence-electron chi connectivity index (χ4n) is 15.3. The summed E-state index contributed by atoms with van der Waals surface area (Å²) in [5, 5.41) is 0. The van der Waals surface area contributed by atoms with Gasteiger partial charge in [-0.05, 0) is 0 Å². The second-order valence-corrected chi connectivity index (χ2v) is 32.5. The third kappa shape index (κ3) is 5.77. The molecule has 49 heavy (non-hydrogen) atoms. The Hall–Kier alpha value is 0.400. The Bertz CT molecular complexity index is 1130. The molecule has 1 aromatic carbocycles. The van der Waals surface area contributed by atoms with Crippen molar-refractivity contribution in [2.24, 2.45) is 0 Å². The monoisotopic (exact) mass is 746 g/mol. The van der Waals surface area contributed by atoms with E-state index in [2.05, 4.69) is 36.4 Å². The van der Waals surface area contributed by atoms with Crippen molar-refractivity contribution < 1.29 is 0 Å². The summed E-state index contributed by atoms with van der Waals surface area (Å²) in [6.07, 6.45) is 44.4. The van der Waals surface area contributed by atoms with Gasteiger partial charge in [0.15, 0.2) is 0 Å². The van der Waals surface area contributed by atoms with E-state index in [4.69, 9.17) is 18.2 Å². The molecule has 0 heterocycles. The van der Waals surface area contributed by atoms with Gasteiger partial charge in [0.2, 0.25) is 0 Å². The number of hydrogen-bond acceptors (Lipinski definition) is 0. The van der Waals surface area contributed by atoms with Crippen LogP contribution >= 0.6 is 36.1 Å². The Balaban J connectivity index is 1.68. The molecule has 0 aliphatic heterocycles. The molecule has 0 bridgehead atoms. The SMILES string of the molecule is C=CC(c1ccccc1)([PH](C1CCCCC1)(C1CCCCC1)C1CCCCC1)P(Cl)(C1CCCCC1)(C1CCCCC1)C1(Cl)CCCCC1. The Kier molecular flexibility index (Phi) is 12.3. The molecule has 1 aromatic rings. The first-order chi connectivity index (χ1) is 24.0. The summed E-state index contributed by atoms with van der Waals surface area (Å²) in [6, 6.07) is 12.5. The first-order valence-corrected chi connectivity index (χ1v) is 28.0. The molecule has 4 heteroatoms. The van der Waals surface area contributed by atoms with E-state index in [1.54, 1.807) is 5.56 Å². The van der Waals surface area contributed by atoms with Crippen molar-refractivity contribution in [1.29, 1.82) is 0 Å². The molecule has 6 aliphatic rings. The number of allylic oxidation sites excluding steroid dienone is 1. The van der Waals surface area contributed by atoms with Gasteiger partial charge < -0.3 is 0 Å². The molecular weight excluding hydrogens is 673 g/mol. The normalized spacial score (nSPS) is 29.0. The molecule has 0 spiro atoms. The minimum atomic E-state index is -3.51. The topological polar surface area (TPSA) is 0 Å². The summed E-state index contributed by atoms with van der Waals surface area (Å²) in [5.41, 5.74) is 5.40. The zero-order valence-electron chi connectivity index (χ0n) is 31.5. The molecule has 278 valence electrons. The maximum atomic E-state index is 10.1. The van der Waals surface area contributed by atoms with Crippen LogP contribution in [0.4, 0.5) is 0 Å². The molecule has 0 nitrogen and oxygen atoms in total. The Labute approximate surface area is 313 Å². The van der Waals surface area contributed by atoms with Crippen LogP contribution in [0.2, 0.25) is 0 Å². The average molecular weight is 748 g/mol. The maximum absolute atomic E-state index is 10.1. The molecule has 1 unspecified atom stereocenters. The number of benzene rings is 1. The summed E-state index contributed by atoms with van der Waals surface area (Å²) in [6.45, 7) is 5.31. The molecule has 0 radical (unpaired) electrons. The molecule has 6 saturated carbocycles. The van der Waals surface area contributed by atoms with Crippen molar-refractivity contribution in [3.63, 3.8) is 0 Å². The summed E-state index contributed by atoms with van der Waals surface area (Å²) in [4.78, 5) is -0.128. The van der Waals surface area contributed by atoms with Crippen LogP contribution in [-0.2, 0) is 4.90 Å². The van der Waals surface area contributed by atoms with E-state index < -0.39 is 13.2 Å². The average Bonchev–Trinajstić information content (AvgIpc) is 3.19. The molecule has 6 aliphatic carbocycles. The van der Waals surface area contributed by atoms with Gasteiger partial charge in [-0.25, -0.2) is 0 Å². The predicted octanol–water partition coefficient (Wildman–Crippen LogP) is 16.0. The summed E-state index contributed by atoms with van der Waals surface area (Å²) in [5.74, 6) is -3.51. The van der Waals surface area contributed by atoms with Gasteiger partial charge in [0.05, 0.1) is 0 Å². The third-order valence-corrected chi connectivity index (χ3v) is 40.4. The molecule has 6 fully saturated rings. The van der Waals surface area contributed by atoms with Crippen LogP contribution < -0.4 is 0 Å². The molecule has 0 saturated heterocycles. The van der Waals surface area contributed by atoms with E-state index in [1.807, 2.05) is 0 Å². The standard InChI is InChI=1S/C45H74Cl2P2/c1-2-45(38-24-10-3-11-25-38,48(39-26-12-4-13-27-39,40-28-14-5-15-29-40)41-30-16-6-17-31-41)49(47,42-32-18-7-19-33-42,43-34-20-8-21-35-43)44(46)36-22-9-23-37-44/h2-3,10-11,24-25,39-43,48H,1,4-9,12-23,26-37H2. The van der Waals surface area contributed by atoms with E-state index in [0.717, 1.165) is 29.8 Å². The van der Waals surface area contributed by atoms with Gasteiger partial charge in [-0.1, -0.05) is 0 Å². The second-order valence-electron chi connectivity index (χ2n) is 18.5. The molecule has 7 rings (SSSR count). The van der Waals surface area contributed by atoms with Gasteiger partial charge in [0.1, 0.15) is 0 Å². The Morgan fingerprint density at radius 1 is 0.551 bits per heavy atom. The van der Waals surface area contributed by atoms with Crippen molar-refractivity contribution >= 4 is 36.1 Å². The van der Waals surface area contributed by atoms with Gasteiger partial charge in [0.25, 0.3) is 0 Å². The van der Waals surface area contributed by atoms with E-state index in [0.29, 0.717) is 11.3 Å². The van der Waals surface area contributed by atoms with Crippen molar-refractivity contribution in [1.82, 2.24) is 0 Å². The van der Waals surface area contributed by atoms with E-state index in [-0.39, 0.29) is 9.51 Å². The predicted molar refractivity (Wildman–Crippen MR) is 225 cm³/mol. The van der Waals surface area contributed by atoms with Crippen molar-refractivity contribution in [2.75, 3.05) is 0 Å². The number of rotatable bonds is 10. The van der Waals surface area contributed by atoms with Gasteiger partial charge >= 0.3 is 315 Å². The fourth-order valence-corrected chi connectivity index (χ4v) is 44.7. The molecule has 0 amide bonds. The zero-order valence-corrected chi connectivity index (χ0v) is 34.9. The molecule has 1 atom stereocenters. The van der Waals surface area contributed by atoms with Crippen LogP contribution in [0.3, 0.4) is 0 Å². The minimum absolute atomic E-state index is 0.128. The van der Waals surface area contributed by atoms with Crippen LogP contribution in [0.15, 0.2) is 43.0 Å². The Morgan fingerprint density at radius 2 is 0.898 bits per heavy atom. The van der Waals surface area contributed by atoms with Crippen LogP contribution in [-0.4, -0.2) is 32.9 Å². The summed E-state index contributed by atoms with van der Waals surface area (Å²) in [7, 11) is -2.40. The van der Waals surface area contributed by atoms with E-state index in [1.165, 1.54) is 180 Å². The fraction of sp³-hybridized carbons (Fsp3) is 0.822. The van der Waals surface area contributed by atoms with Gasteiger partial charge in [-0.15, -0.1) is 0 Å². The number of hydrogen-bond donors (Lipinski definition) is 0. The van der Waals surface area contributed by atoms with Gasteiger partial charge in [0, 0.05) is 0 Å². The van der Waals surface area contributed by atoms with E-state index in [9.17, 15) is 11.2 Å². The van der Waals surface area contributed by atoms with Gasteiger partial charge in [-0.2, -0.15) is 0 Å². The van der Waals surface area contributed by atoms with Crippen molar-refractivity contribution in [3.05, 3.63) is 48.6 Å². The zero-order chi connectivity index (χ0) is 33.9. The summed E-state index contributed by atoms with van der Waals surface area (Å²) >= 11 is 19.2. The summed E-state index contributed by atoms with van der Waals surface area (Å²) < 4.78 is -0.282. The van der Waals surface area contributed by atoms with Crippen LogP contribution in [0, 0.1) is 0 Å². The second kappa shape index (κ2) is 16.0. The molecular formula is C45H74Cl2P2. The number of alkyl halides is 1. The number of halogens is 2. The third-order valence-electron chi connectivity index (χ3n) is 16.7. The van der Waals surface area contributed by atoms with Crippen LogP contribution in [0.1, 0.15) is 198 Å². The Morgan fingerprint density at radius 3 is 1.27 bits per heavy atom. The molecule has 0 aromatic heterocycles. The van der Waals surface area contributed by atoms with Crippen molar-refractivity contribution in [2.45, 2.75) is 230 Å². The van der Waals surface area contributed by atoms with Crippen molar-refractivity contribution in [3.8, 4) is 0 Å². The van der Waals surface area contributed by atoms with Crippen LogP contribution in [0.25, 0.3) is 0 Å². The van der Waals surface area contributed by atoms with Crippen LogP contribution in [0.5, 0.6) is 0 Å².